The molecule has 2 aromatic carbocycles. The van der Waals surface area contributed by atoms with Gasteiger partial charge in [-0.3, -0.25) is 0 Å². The number of aromatic nitrogens is 1. The zero-order valence-electron chi connectivity index (χ0n) is 11.5. The van der Waals surface area contributed by atoms with Crippen LogP contribution < -0.4 is 0 Å². The number of hydrogen-bond donors (Lipinski definition) is 1. The second-order valence-corrected chi connectivity index (χ2v) is 6.41. The van der Waals surface area contributed by atoms with Crippen LogP contribution in [0, 0.1) is 0 Å². The Balaban J connectivity index is 2.15. The highest BCUT2D eigenvalue weighted by atomic mass is 35.5. The summed E-state index contributed by atoms with van der Waals surface area (Å²) >= 11 is 24.1. The summed E-state index contributed by atoms with van der Waals surface area (Å²) in [5.41, 5.74) is 2.24. The molecule has 1 heterocycles. The zero-order valence-corrected chi connectivity index (χ0v) is 14.5. The van der Waals surface area contributed by atoms with E-state index in [1.165, 1.54) is 0 Å². The molecule has 0 unspecified atom stereocenters. The van der Waals surface area contributed by atoms with Crippen LogP contribution in [-0.2, 0) is 6.61 Å². The molecule has 23 heavy (non-hydrogen) atoms. The van der Waals surface area contributed by atoms with Crippen molar-refractivity contribution in [3.63, 3.8) is 0 Å². The average molecular weight is 389 g/mol. The maximum Gasteiger partial charge on any atom is 0.173 e. The lowest BCUT2D eigenvalue weighted by molar-refractivity contribution is 0.281. The van der Waals surface area contributed by atoms with Gasteiger partial charge in [0.2, 0.25) is 0 Å². The van der Waals surface area contributed by atoms with Crippen LogP contribution in [0.2, 0.25) is 20.1 Å². The van der Waals surface area contributed by atoms with Crippen molar-refractivity contribution in [1.29, 1.82) is 0 Å². The summed E-state index contributed by atoms with van der Waals surface area (Å²) in [6, 6.07) is 10.1. The molecular weight excluding hydrogens is 380 g/mol. The largest absolute Gasteiger partial charge is 0.391 e. The third-order valence-electron chi connectivity index (χ3n) is 3.31. The van der Waals surface area contributed by atoms with Crippen molar-refractivity contribution in [3.05, 3.63) is 62.1 Å². The van der Waals surface area contributed by atoms with Gasteiger partial charge in [-0.05, 0) is 36.4 Å². The van der Waals surface area contributed by atoms with Crippen molar-refractivity contribution >= 4 is 46.4 Å². The van der Waals surface area contributed by atoms with Crippen LogP contribution in [0.25, 0.3) is 22.6 Å². The third kappa shape index (κ3) is 3.21. The lowest BCUT2D eigenvalue weighted by Crippen LogP contribution is -1.90. The summed E-state index contributed by atoms with van der Waals surface area (Å²) < 4.78 is 5.40. The highest BCUT2D eigenvalue weighted by molar-refractivity contribution is 6.42. The number of benzene rings is 2. The van der Waals surface area contributed by atoms with Gasteiger partial charge in [0.1, 0.15) is 5.69 Å². The molecule has 1 N–H and O–H groups in total. The molecule has 118 valence electrons. The number of nitrogens with zero attached hydrogens (tertiary/aromatic N) is 1. The number of rotatable bonds is 3. The maximum atomic E-state index is 9.75. The summed E-state index contributed by atoms with van der Waals surface area (Å²) in [6.45, 7) is -0.270. The number of hydrogen-bond acceptors (Lipinski definition) is 3. The topological polar surface area (TPSA) is 46.3 Å². The second-order valence-electron chi connectivity index (χ2n) is 4.75. The van der Waals surface area contributed by atoms with E-state index in [2.05, 4.69) is 5.16 Å². The highest BCUT2D eigenvalue weighted by Crippen LogP contribution is 2.38. The molecule has 0 aliphatic heterocycles. The Kier molecular flexibility index (Phi) is 4.85. The van der Waals surface area contributed by atoms with Crippen LogP contribution >= 0.6 is 46.4 Å². The van der Waals surface area contributed by atoms with Gasteiger partial charge in [-0.2, -0.15) is 0 Å². The van der Waals surface area contributed by atoms with E-state index in [0.717, 1.165) is 0 Å². The van der Waals surface area contributed by atoms with E-state index >= 15 is 0 Å². The predicted octanol–water partition coefficient (Wildman–Crippen LogP) is 6.11. The Morgan fingerprint density at radius 1 is 0.913 bits per heavy atom. The van der Waals surface area contributed by atoms with E-state index in [1.807, 2.05) is 0 Å². The fourth-order valence-corrected chi connectivity index (χ4v) is 3.01. The fraction of sp³-hybridized carbons (Fsp3) is 0.0625. The van der Waals surface area contributed by atoms with Gasteiger partial charge in [0.25, 0.3) is 0 Å². The van der Waals surface area contributed by atoms with Crippen molar-refractivity contribution in [2.45, 2.75) is 6.61 Å². The molecule has 0 saturated heterocycles. The molecule has 0 spiro atoms. The molecule has 3 aromatic rings. The molecule has 0 radical (unpaired) electrons. The molecule has 0 amide bonds. The maximum absolute atomic E-state index is 9.75. The first-order chi connectivity index (χ1) is 11.0. The average Bonchev–Trinajstić information content (AvgIpc) is 2.93. The minimum atomic E-state index is -0.270. The molecule has 3 nitrogen and oxygen atoms in total. The Labute approximate surface area is 152 Å². The fourth-order valence-electron chi connectivity index (χ4n) is 2.21. The number of aliphatic hydroxyl groups is 1. The Hall–Kier alpha value is -1.23. The van der Waals surface area contributed by atoms with Gasteiger partial charge >= 0.3 is 0 Å². The first-order valence-corrected chi connectivity index (χ1v) is 8.02. The first kappa shape index (κ1) is 16.6. The van der Waals surface area contributed by atoms with Gasteiger partial charge < -0.3 is 9.63 Å². The van der Waals surface area contributed by atoms with E-state index in [1.54, 1.807) is 36.4 Å². The zero-order chi connectivity index (χ0) is 16.6. The van der Waals surface area contributed by atoms with Gasteiger partial charge in [-0.25, -0.2) is 0 Å². The number of halogens is 4. The van der Waals surface area contributed by atoms with E-state index in [-0.39, 0.29) is 6.61 Å². The molecule has 0 aliphatic rings. The molecule has 0 atom stereocenters. The predicted molar refractivity (Wildman–Crippen MR) is 93.3 cm³/mol. The van der Waals surface area contributed by atoms with Crippen molar-refractivity contribution in [3.8, 4) is 22.6 Å². The Morgan fingerprint density at radius 3 is 2.35 bits per heavy atom. The Bertz CT molecular complexity index is 877. The SMILES string of the molecule is OCc1c(-c2ccc(Cl)cc2Cl)noc1-c1ccc(Cl)c(Cl)c1. The molecule has 0 aliphatic carbocycles. The first-order valence-electron chi connectivity index (χ1n) is 6.51. The van der Waals surface area contributed by atoms with Gasteiger partial charge in [-0.15, -0.1) is 0 Å². The highest BCUT2D eigenvalue weighted by Gasteiger charge is 2.20. The lowest BCUT2D eigenvalue weighted by Gasteiger charge is -2.04. The summed E-state index contributed by atoms with van der Waals surface area (Å²) in [7, 11) is 0. The van der Waals surface area contributed by atoms with Gasteiger partial charge in [0, 0.05) is 16.1 Å². The van der Waals surface area contributed by atoms with Crippen molar-refractivity contribution < 1.29 is 9.63 Å². The van der Waals surface area contributed by atoms with Crippen molar-refractivity contribution in [1.82, 2.24) is 5.16 Å². The quantitative estimate of drug-likeness (QED) is 0.588. The molecule has 3 rings (SSSR count). The summed E-state index contributed by atoms with van der Waals surface area (Å²) in [6.07, 6.45) is 0. The van der Waals surface area contributed by atoms with Crippen LogP contribution in [0.4, 0.5) is 0 Å². The minimum Gasteiger partial charge on any atom is -0.391 e. The summed E-state index contributed by atoms with van der Waals surface area (Å²) in [5, 5.41) is 15.5. The van der Waals surface area contributed by atoms with Crippen molar-refractivity contribution in [2.75, 3.05) is 0 Å². The molecule has 0 bridgehead atoms. The van der Waals surface area contributed by atoms with Gasteiger partial charge in [0.15, 0.2) is 5.76 Å². The van der Waals surface area contributed by atoms with Crippen LogP contribution in [0.5, 0.6) is 0 Å². The molecule has 7 heteroatoms. The molecule has 0 fully saturated rings. The van der Waals surface area contributed by atoms with Gasteiger partial charge in [-0.1, -0.05) is 51.6 Å². The lowest BCUT2D eigenvalue weighted by atomic mass is 10.0. The normalized spacial score (nSPS) is 11.0. The van der Waals surface area contributed by atoms with Crippen LogP contribution in [-0.4, -0.2) is 10.3 Å². The Morgan fingerprint density at radius 2 is 1.70 bits per heavy atom. The second kappa shape index (κ2) is 6.71. The van der Waals surface area contributed by atoms with E-state index in [0.29, 0.717) is 48.2 Å². The van der Waals surface area contributed by atoms with Gasteiger partial charge in [0.05, 0.1) is 27.2 Å². The summed E-state index contributed by atoms with van der Waals surface area (Å²) in [5.74, 6) is 0.409. The third-order valence-corrected chi connectivity index (χ3v) is 4.60. The van der Waals surface area contributed by atoms with E-state index in [9.17, 15) is 5.11 Å². The van der Waals surface area contributed by atoms with Crippen LogP contribution in [0.3, 0.4) is 0 Å². The van der Waals surface area contributed by atoms with E-state index in [4.69, 9.17) is 50.9 Å². The molecular formula is C16H9Cl4NO2. The van der Waals surface area contributed by atoms with Crippen LogP contribution in [0.1, 0.15) is 5.56 Å². The standard InChI is InChI=1S/C16H9Cl4NO2/c17-9-2-3-10(13(19)6-9)15-11(7-22)16(23-21-15)8-1-4-12(18)14(20)5-8/h1-6,22H,7H2. The number of aliphatic hydroxyl groups excluding tert-OH is 1. The summed E-state index contributed by atoms with van der Waals surface area (Å²) in [4.78, 5) is 0. The molecule has 0 saturated carbocycles. The smallest absolute Gasteiger partial charge is 0.173 e. The van der Waals surface area contributed by atoms with Crippen molar-refractivity contribution in [2.24, 2.45) is 0 Å². The minimum absolute atomic E-state index is 0.270. The molecule has 1 aromatic heterocycles. The monoisotopic (exact) mass is 387 g/mol. The van der Waals surface area contributed by atoms with E-state index < -0.39 is 0 Å². The van der Waals surface area contributed by atoms with Crippen LogP contribution in [0.15, 0.2) is 40.9 Å².